The Morgan fingerprint density at radius 1 is 1.14 bits per heavy atom. The topological polar surface area (TPSA) is 84.9 Å². The molecule has 0 saturated carbocycles. The molecule has 7 nitrogen and oxygen atoms in total. The van der Waals surface area contributed by atoms with Gasteiger partial charge in [-0.3, -0.25) is 4.79 Å². The van der Waals surface area contributed by atoms with Gasteiger partial charge in [-0.2, -0.15) is 4.31 Å². The van der Waals surface area contributed by atoms with Crippen LogP contribution < -0.4 is 14.8 Å². The number of nitrogens with one attached hydrogen (secondary N) is 1. The Morgan fingerprint density at radius 2 is 1.86 bits per heavy atom. The molecular weight excluding hydrogens is 460 g/mol. The Morgan fingerprint density at radius 3 is 2.55 bits per heavy atom. The molecule has 1 N–H and O–H groups in total. The number of nitrogens with zero attached hydrogens (tertiary/aromatic N) is 1. The highest BCUT2D eigenvalue weighted by molar-refractivity contribution is 9.10. The van der Waals surface area contributed by atoms with Crippen LogP contribution in [0.3, 0.4) is 0 Å². The number of hydrogen-bond donors (Lipinski definition) is 1. The summed E-state index contributed by atoms with van der Waals surface area (Å²) in [5, 5.41) is 2.88. The standard InChI is InChI=1S/C20H23BrN2O5S/c1-27-18-10-9-15(12-19(18)28-2)29(25,26)23-11-5-6-14(13-23)20(24)22-17-8-4-3-7-16(17)21/h3-4,7-10,12,14H,5-6,11,13H2,1-2H3,(H,22,24)/t14-/m1/s1. The first-order valence-corrected chi connectivity index (χ1v) is 11.4. The number of rotatable bonds is 6. The molecule has 3 rings (SSSR count). The number of carbonyl (C=O) groups is 1. The van der Waals surface area contributed by atoms with Gasteiger partial charge < -0.3 is 14.8 Å². The fourth-order valence-electron chi connectivity index (χ4n) is 3.30. The van der Waals surface area contributed by atoms with E-state index in [1.54, 1.807) is 12.1 Å². The van der Waals surface area contributed by atoms with Crippen molar-refractivity contribution in [3.05, 3.63) is 46.9 Å². The number of piperidine rings is 1. The van der Waals surface area contributed by atoms with Crippen molar-refractivity contribution in [2.45, 2.75) is 17.7 Å². The highest BCUT2D eigenvalue weighted by Crippen LogP contribution is 2.32. The minimum Gasteiger partial charge on any atom is -0.493 e. The lowest BCUT2D eigenvalue weighted by Crippen LogP contribution is -2.43. The number of para-hydroxylation sites is 1. The second-order valence-electron chi connectivity index (χ2n) is 6.69. The van der Waals surface area contributed by atoms with Crippen molar-refractivity contribution in [3.8, 4) is 11.5 Å². The van der Waals surface area contributed by atoms with Crippen molar-refractivity contribution in [2.24, 2.45) is 5.92 Å². The summed E-state index contributed by atoms with van der Waals surface area (Å²) in [5.41, 5.74) is 0.664. The Bertz CT molecular complexity index is 996. The normalized spacial score (nSPS) is 17.6. The molecule has 0 aliphatic carbocycles. The third kappa shape index (κ3) is 4.73. The monoisotopic (exact) mass is 482 g/mol. The minimum atomic E-state index is -3.76. The molecule has 29 heavy (non-hydrogen) atoms. The SMILES string of the molecule is COc1ccc(S(=O)(=O)N2CCC[C@@H](C(=O)Nc3ccccc3Br)C2)cc1OC. The van der Waals surface area contributed by atoms with Crippen LogP contribution >= 0.6 is 15.9 Å². The third-order valence-corrected chi connectivity index (χ3v) is 7.43. The lowest BCUT2D eigenvalue weighted by molar-refractivity contribution is -0.120. The molecule has 1 aliphatic heterocycles. The third-order valence-electron chi connectivity index (χ3n) is 4.88. The Labute approximate surface area is 179 Å². The number of ether oxygens (including phenoxy) is 2. The Balaban J connectivity index is 1.77. The van der Waals surface area contributed by atoms with Gasteiger partial charge in [-0.25, -0.2) is 8.42 Å². The number of sulfonamides is 1. The lowest BCUT2D eigenvalue weighted by Gasteiger charge is -2.31. The van der Waals surface area contributed by atoms with Crippen LogP contribution in [0, 0.1) is 5.92 Å². The number of benzene rings is 2. The molecule has 0 bridgehead atoms. The van der Waals surface area contributed by atoms with Crippen molar-refractivity contribution in [1.29, 1.82) is 0 Å². The molecule has 1 heterocycles. The van der Waals surface area contributed by atoms with Gasteiger partial charge in [-0.15, -0.1) is 0 Å². The van der Waals surface area contributed by atoms with E-state index in [0.717, 1.165) is 4.47 Å². The first-order valence-electron chi connectivity index (χ1n) is 9.14. The van der Waals surface area contributed by atoms with Crippen molar-refractivity contribution >= 4 is 37.5 Å². The number of hydrogen-bond acceptors (Lipinski definition) is 5. The van der Waals surface area contributed by atoms with Gasteiger partial charge in [-0.05, 0) is 53.0 Å². The average molecular weight is 483 g/mol. The number of carbonyl (C=O) groups excluding carboxylic acids is 1. The summed E-state index contributed by atoms with van der Waals surface area (Å²) in [6.45, 7) is 0.502. The first-order chi connectivity index (χ1) is 13.9. The molecule has 156 valence electrons. The number of anilines is 1. The highest BCUT2D eigenvalue weighted by Gasteiger charge is 2.34. The fraction of sp³-hybridized carbons (Fsp3) is 0.350. The zero-order valence-corrected chi connectivity index (χ0v) is 18.6. The van der Waals surface area contributed by atoms with E-state index >= 15 is 0 Å². The van der Waals surface area contributed by atoms with Crippen LogP contribution in [0.25, 0.3) is 0 Å². The van der Waals surface area contributed by atoms with E-state index in [0.29, 0.717) is 36.6 Å². The Kier molecular flexibility index (Phi) is 6.81. The van der Waals surface area contributed by atoms with Crippen molar-refractivity contribution < 1.29 is 22.7 Å². The van der Waals surface area contributed by atoms with Crippen LogP contribution in [0.4, 0.5) is 5.69 Å². The van der Waals surface area contributed by atoms with Crippen molar-refractivity contribution in [3.63, 3.8) is 0 Å². The zero-order chi connectivity index (χ0) is 21.0. The molecule has 1 fully saturated rings. The van der Waals surface area contributed by atoms with Crippen LogP contribution in [0.2, 0.25) is 0 Å². The summed E-state index contributed by atoms with van der Waals surface area (Å²) in [5.74, 6) is 0.180. The van der Waals surface area contributed by atoms with E-state index in [2.05, 4.69) is 21.2 Å². The van der Waals surface area contributed by atoms with Gasteiger partial charge in [0.1, 0.15) is 0 Å². The smallest absolute Gasteiger partial charge is 0.243 e. The van der Waals surface area contributed by atoms with Gasteiger partial charge in [0, 0.05) is 23.6 Å². The minimum absolute atomic E-state index is 0.113. The molecule has 0 radical (unpaired) electrons. The molecule has 0 aromatic heterocycles. The van der Waals surface area contributed by atoms with Gasteiger partial charge in [0.05, 0.1) is 30.7 Å². The second-order valence-corrected chi connectivity index (χ2v) is 9.48. The molecule has 2 aromatic carbocycles. The molecule has 1 amide bonds. The van der Waals surface area contributed by atoms with E-state index in [1.807, 2.05) is 18.2 Å². The molecular formula is C20H23BrN2O5S. The maximum Gasteiger partial charge on any atom is 0.243 e. The highest BCUT2D eigenvalue weighted by atomic mass is 79.9. The lowest BCUT2D eigenvalue weighted by atomic mass is 9.99. The predicted octanol–water partition coefficient (Wildman–Crippen LogP) is 3.51. The van der Waals surface area contributed by atoms with E-state index < -0.39 is 15.9 Å². The van der Waals surface area contributed by atoms with Crippen LogP contribution in [0.1, 0.15) is 12.8 Å². The molecule has 0 spiro atoms. The van der Waals surface area contributed by atoms with Gasteiger partial charge in [0.15, 0.2) is 11.5 Å². The number of amides is 1. The summed E-state index contributed by atoms with van der Waals surface area (Å²) in [6.07, 6.45) is 1.24. The summed E-state index contributed by atoms with van der Waals surface area (Å²) in [7, 11) is -0.812. The summed E-state index contributed by atoms with van der Waals surface area (Å²) in [6, 6.07) is 11.8. The maximum absolute atomic E-state index is 13.1. The van der Waals surface area contributed by atoms with Gasteiger partial charge in [0.2, 0.25) is 15.9 Å². The average Bonchev–Trinajstić information content (AvgIpc) is 2.74. The number of methoxy groups -OCH3 is 2. The largest absolute Gasteiger partial charge is 0.493 e. The molecule has 1 aliphatic rings. The zero-order valence-electron chi connectivity index (χ0n) is 16.2. The summed E-state index contributed by atoms with van der Waals surface area (Å²) < 4.78 is 38.8. The van der Waals surface area contributed by atoms with E-state index in [4.69, 9.17) is 9.47 Å². The van der Waals surface area contributed by atoms with Crippen LogP contribution in [-0.4, -0.2) is 45.9 Å². The van der Waals surface area contributed by atoms with Gasteiger partial charge in [-0.1, -0.05) is 12.1 Å². The van der Waals surface area contributed by atoms with Gasteiger partial charge in [0.25, 0.3) is 0 Å². The summed E-state index contributed by atoms with van der Waals surface area (Å²) >= 11 is 3.41. The molecule has 9 heteroatoms. The molecule has 1 saturated heterocycles. The van der Waals surface area contributed by atoms with Gasteiger partial charge >= 0.3 is 0 Å². The molecule has 1 atom stereocenters. The van der Waals surface area contributed by atoms with Crippen LogP contribution in [0.5, 0.6) is 11.5 Å². The van der Waals surface area contributed by atoms with E-state index in [1.165, 1.54) is 30.7 Å². The first kappa shape index (κ1) is 21.6. The number of halogens is 1. The van der Waals surface area contributed by atoms with E-state index in [9.17, 15) is 13.2 Å². The molecule has 2 aromatic rings. The van der Waals surface area contributed by atoms with Crippen molar-refractivity contribution in [1.82, 2.24) is 4.31 Å². The van der Waals surface area contributed by atoms with Crippen LogP contribution in [0.15, 0.2) is 51.8 Å². The van der Waals surface area contributed by atoms with Crippen molar-refractivity contribution in [2.75, 3.05) is 32.6 Å². The second kappa shape index (κ2) is 9.15. The molecule has 0 unspecified atom stereocenters. The quantitative estimate of drug-likeness (QED) is 0.680. The maximum atomic E-state index is 13.1. The Hall–Kier alpha value is -2.10. The van der Waals surface area contributed by atoms with E-state index in [-0.39, 0.29) is 17.3 Å². The predicted molar refractivity (Wildman–Crippen MR) is 114 cm³/mol. The summed E-state index contributed by atoms with van der Waals surface area (Å²) in [4.78, 5) is 12.8. The fourth-order valence-corrected chi connectivity index (χ4v) is 5.22. The van der Waals surface area contributed by atoms with Crippen LogP contribution in [-0.2, 0) is 14.8 Å².